The molecule has 1 rings (SSSR count). The van der Waals surface area contributed by atoms with E-state index >= 15 is 0 Å². The lowest BCUT2D eigenvalue weighted by molar-refractivity contribution is -0.144. The molecule has 0 radical (unpaired) electrons. The van der Waals surface area contributed by atoms with Gasteiger partial charge in [0.2, 0.25) is 5.91 Å². The van der Waals surface area contributed by atoms with Crippen molar-refractivity contribution in [2.45, 2.75) is 58.9 Å². The Bertz CT molecular complexity index is 247. The van der Waals surface area contributed by atoms with E-state index < -0.39 is 0 Å². The van der Waals surface area contributed by atoms with Crippen molar-refractivity contribution in [1.82, 2.24) is 10.2 Å². The fourth-order valence-corrected chi connectivity index (χ4v) is 2.79. The van der Waals surface area contributed by atoms with E-state index in [0.717, 1.165) is 45.2 Å². The first-order chi connectivity index (χ1) is 8.07. The van der Waals surface area contributed by atoms with E-state index in [0.29, 0.717) is 11.9 Å². The highest BCUT2D eigenvalue weighted by Crippen LogP contribution is 2.32. The predicted molar refractivity (Wildman–Crippen MR) is 72.0 cm³/mol. The van der Waals surface area contributed by atoms with Crippen LogP contribution in [0.4, 0.5) is 0 Å². The number of piperidine rings is 1. The molecule has 1 saturated heterocycles. The third-order valence-electron chi connectivity index (χ3n) is 4.29. The van der Waals surface area contributed by atoms with Gasteiger partial charge in [-0.3, -0.25) is 4.79 Å². The summed E-state index contributed by atoms with van der Waals surface area (Å²) in [5.74, 6) is 0.341. The summed E-state index contributed by atoms with van der Waals surface area (Å²) in [6.45, 7) is 8.38. The van der Waals surface area contributed by atoms with Crippen LogP contribution in [0.1, 0.15) is 52.9 Å². The first-order valence-corrected chi connectivity index (χ1v) is 7.05. The normalized spacial score (nSPS) is 26.6. The van der Waals surface area contributed by atoms with Gasteiger partial charge in [0, 0.05) is 19.6 Å². The van der Waals surface area contributed by atoms with Crippen molar-refractivity contribution in [2.24, 2.45) is 5.41 Å². The highest BCUT2D eigenvalue weighted by atomic mass is 16.2. The lowest BCUT2D eigenvalue weighted by Crippen LogP contribution is -2.52. The number of nitrogens with one attached hydrogen (secondary N) is 1. The molecule has 1 heterocycles. The first kappa shape index (κ1) is 14.5. The van der Waals surface area contributed by atoms with Crippen LogP contribution >= 0.6 is 0 Å². The maximum Gasteiger partial charge on any atom is 0.230 e. The summed E-state index contributed by atoms with van der Waals surface area (Å²) in [6, 6.07) is 0.359. The van der Waals surface area contributed by atoms with Crippen LogP contribution in [0.25, 0.3) is 0 Å². The number of amides is 1. The van der Waals surface area contributed by atoms with Crippen LogP contribution in [0.5, 0.6) is 0 Å². The largest absolute Gasteiger partial charge is 0.343 e. The molecule has 0 aromatic rings. The van der Waals surface area contributed by atoms with Crippen molar-refractivity contribution in [2.75, 3.05) is 20.1 Å². The molecule has 2 unspecified atom stereocenters. The van der Waals surface area contributed by atoms with Crippen molar-refractivity contribution < 1.29 is 4.79 Å². The van der Waals surface area contributed by atoms with Gasteiger partial charge >= 0.3 is 0 Å². The van der Waals surface area contributed by atoms with Crippen molar-refractivity contribution in [1.29, 1.82) is 0 Å². The molecule has 1 N–H and O–H groups in total. The number of hydrogen-bond donors (Lipinski definition) is 1. The average molecular weight is 240 g/mol. The van der Waals surface area contributed by atoms with Crippen molar-refractivity contribution in [3.8, 4) is 0 Å². The number of carbonyl (C=O) groups excluding carboxylic acids is 1. The van der Waals surface area contributed by atoms with Crippen LogP contribution in [0.3, 0.4) is 0 Å². The Hall–Kier alpha value is -0.570. The minimum Gasteiger partial charge on any atom is -0.343 e. The molecule has 1 aliphatic heterocycles. The summed E-state index contributed by atoms with van der Waals surface area (Å²) in [6.07, 6.45) is 5.34. The Morgan fingerprint density at radius 2 is 2.18 bits per heavy atom. The van der Waals surface area contributed by atoms with Crippen molar-refractivity contribution >= 4 is 5.91 Å². The lowest BCUT2D eigenvalue weighted by atomic mass is 9.77. The van der Waals surface area contributed by atoms with Crippen molar-refractivity contribution in [3.63, 3.8) is 0 Å². The quantitative estimate of drug-likeness (QED) is 0.800. The summed E-state index contributed by atoms with van der Waals surface area (Å²) in [7, 11) is 1.97. The molecule has 0 aromatic carbocycles. The van der Waals surface area contributed by atoms with Gasteiger partial charge in [0.15, 0.2) is 0 Å². The molecule has 0 aromatic heterocycles. The molecular weight excluding hydrogens is 212 g/mol. The fourth-order valence-electron chi connectivity index (χ4n) is 2.79. The molecule has 0 spiro atoms. The van der Waals surface area contributed by atoms with Gasteiger partial charge in [-0.25, -0.2) is 0 Å². The van der Waals surface area contributed by atoms with Gasteiger partial charge < -0.3 is 10.2 Å². The molecule has 0 saturated carbocycles. The maximum atomic E-state index is 12.7. The molecule has 100 valence electrons. The molecule has 1 aliphatic rings. The van der Waals surface area contributed by atoms with Gasteiger partial charge in [0.25, 0.3) is 0 Å². The predicted octanol–water partition coefficient (Wildman–Crippen LogP) is 2.41. The van der Waals surface area contributed by atoms with Gasteiger partial charge in [0.1, 0.15) is 0 Å². The van der Waals surface area contributed by atoms with Crippen LogP contribution in [-0.4, -0.2) is 37.0 Å². The summed E-state index contributed by atoms with van der Waals surface area (Å²) < 4.78 is 0. The van der Waals surface area contributed by atoms with E-state index in [1.807, 2.05) is 11.9 Å². The van der Waals surface area contributed by atoms with Crippen LogP contribution in [-0.2, 0) is 4.79 Å². The van der Waals surface area contributed by atoms with Gasteiger partial charge in [-0.2, -0.15) is 0 Å². The maximum absolute atomic E-state index is 12.7. The average Bonchev–Trinajstić information content (AvgIpc) is 2.38. The van der Waals surface area contributed by atoms with Crippen LogP contribution in [0, 0.1) is 5.41 Å². The molecule has 1 fully saturated rings. The van der Waals surface area contributed by atoms with Crippen LogP contribution < -0.4 is 5.32 Å². The molecule has 3 nitrogen and oxygen atoms in total. The molecule has 3 heteroatoms. The smallest absolute Gasteiger partial charge is 0.230 e. The van der Waals surface area contributed by atoms with Gasteiger partial charge in [0.05, 0.1) is 5.41 Å². The highest BCUT2D eigenvalue weighted by molar-refractivity contribution is 5.83. The second-order valence-electron chi connectivity index (χ2n) is 5.47. The summed E-state index contributed by atoms with van der Waals surface area (Å²) in [5.41, 5.74) is -0.144. The number of rotatable bonds is 5. The van der Waals surface area contributed by atoms with E-state index in [2.05, 4.69) is 26.1 Å². The fraction of sp³-hybridized carbons (Fsp3) is 0.929. The second kappa shape index (κ2) is 6.39. The monoisotopic (exact) mass is 240 g/mol. The third kappa shape index (κ3) is 3.21. The Balaban J connectivity index is 2.71. The summed E-state index contributed by atoms with van der Waals surface area (Å²) in [5, 5.41) is 3.39. The van der Waals surface area contributed by atoms with E-state index in [-0.39, 0.29) is 5.41 Å². The van der Waals surface area contributed by atoms with Crippen LogP contribution in [0.2, 0.25) is 0 Å². The summed E-state index contributed by atoms with van der Waals surface area (Å²) >= 11 is 0. The third-order valence-corrected chi connectivity index (χ3v) is 4.29. The van der Waals surface area contributed by atoms with E-state index in [1.165, 1.54) is 0 Å². The number of hydrogen-bond acceptors (Lipinski definition) is 2. The molecule has 2 atom stereocenters. The minimum absolute atomic E-state index is 0.144. The second-order valence-corrected chi connectivity index (χ2v) is 5.47. The number of carbonyl (C=O) groups is 1. The zero-order valence-electron chi connectivity index (χ0n) is 11.9. The van der Waals surface area contributed by atoms with E-state index in [9.17, 15) is 4.79 Å². The molecular formula is C14H28N2O. The van der Waals surface area contributed by atoms with Gasteiger partial charge in [-0.1, -0.05) is 20.3 Å². The highest BCUT2D eigenvalue weighted by Gasteiger charge is 2.40. The minimum atomic E-state index is -0.144. The Labute approximate surface area is 106 Å². The van der Waals surface area contributed by atoms with Gasteiger partial charge in [-0.05, 0) is 39.2 Å². The molecule has 1 amide bonds. The zero-order valence-corrected chi connectivity index (χ0v) is 11.9. The first-order valence-electron chi connectivity index (χ1n) is 7.05. The lowest BCUT2D eigenvalue weighted by Gasteiger charge is -2.40. The molecule has 17 heavy (non-hydrogen) atoms. The molecule has 0 bridgehead atoms. The topological polar surface area (TPSA) is 32.3 Å². The van der Waals surface area contributed by atoms with E-state index in [4.69, 9.17) is 0 Å². The van der Waals surface area contributed by atoms with Crippen LogP contribution in [0.15, 0.2) is 0 Å². The van der Waals surface area contributed by atoms with Gasteiger partial charge in [-0.15, -0.1) is 0 Å². The zero-order chi connectivity index (χ0) is 12.9. The molecule has 0 aliphatic carbocycles. The van der Waals surface area contributed by atoms with E-state index in [1.54, 1.807) is 0 Å². The Morgan fingerprint density at radius 3 is 2.65 bits per heavy atom. The summed E-state index contributed by atoms with van der Waals surface area (Å²) in [4.78, 5) is 14.6. The standard InChI is InChI=1S/C14H28N2O/c1-5-8-12(3)16(4)13(17)14(6-2)9-7-10-15-11-14/h12,15H,5-11H2,1-4H3. The SMILES string of the molecule is CCCC(C)N(C)C(=O)C1(CC)CCCNC1. The van der Waals surface area contributed by atoms with Crippen molar-refractivity contribution in [3.05, 3.63) is 0 Å². The number of nitrogens with zero attached hydrogens (tertiary/aromatic N) is 1. The Morgan fingerprint density at radius 1 is 1.47 bits per heavy atom. The Kier molecular flexibility index (Phi) is 5.44.